The van der Waals surface area contributed by atoms with Gasteiger partial charge in [-0.2, -0.15) is 0 Å². The fourth-order valence-corrected chi connectivity index (χ4v) is 3.05. The van der Waals surface area contributed by atoms with Gasteiger partial charge in [0.25, 0.3) is 5.91 Å². The molecule has 3 aromatic carbocycles. The maximum absolute atomic E-state index is 13.1. The van der Waals surface area contributed by atoms with Gasteiger partial charge in [-0.1, -0.05) is 48.0 Å². The van der Waals surface area contributed by atoms with Crippen LogP contribution < -0.4 is 15.4 Å². The van der Waals surface area contributed by atoms with Gasteiger partial charge in [0.2, 0.25) is 0 Å². The molecule has 0 aliphatic heterocycles. The van der Waals surface area contributed by atoms with Crippen LogP contribution in [-0.2, 0) is 11.4 Å². The van der Waals surface area contributed by atoms with Crippen LogP contribution in [0.1, 0.15) is 29.7 Å². The maximum atomic E-state index is 13.1. The molecule has 0 aromatic heterocycles. The van der Waals surface area contributed by atoms with Crippen molar-refractivity contribution in [3.8, 4) is 5.75 Å². The third-order valence-corrected chi connectivity index (χ3v) is 4.56. The van der Waals surface area contributed by atoms with Crippen molar-refractivity contribution in [2.24, 2.45) is 0 Å². The average Bonchev–Trinajstić information content (AvgIpc) is 2.75. The van der Waals surface area contributed by atoms with E-state index in [0.29, 0.717) is 17.9 Å². The normalized spacial score (nSPS) is 11.6. The number of carbonyl (C=O) groups is 1. The van der Waals surface area contributed by atoms with Gasteiger partial charge in [0.15, 0.2) is 0 Å². The highest BCUT2D eigenvalue weighted by molar-refractivity contribution is 5.97. The number of carbonyl (C=O) groups excluding carboxylic acids is 1. The summed E-state index contributed by atoms with van der Waals surface area (Å²) in [6.45, 7) is 4.28. The second kappa shape index (κ2) is 9.75. The predicted molar refractivity (Wildman–Crippen MR) is 116 cm³/mol. The molecule has 5 nitrogen and oxygen atoms in total. The molecule has 150 valence electrons. The van der Waals surface area contributed by atoms with Crippen LogP contribution in [0.15, 0.2) is 72.8 Å². The molecule has 0 saturated heterocycles. The van der Waals surface area contributed by atoms with Crippen molar-refractivity contribution >= 4 is 17.3 Å². The van der Waals surface area contributed by atoms with Gasteiger partial charge >= 0.3 is 0 Å². The van der Waals surface area contributed by atoms with E-state index in [9.17, 15) is 9.90 Å². The Bertz CT molecular complexity index is 940. The Balaban J connectivity index is 1.86. The first-order valence-corrected chi connectivity index (χ1v) is 9.66. The molecule has 0 aliphatic carbocycles. The fourth-order valence-electron chi connectivity index (χ4n) is 3.05. The first kappa shape index (κ1) is 20.4. The van der Waals surface area contributed by atoms with Crippen LogP contribution >= 0.6 is 0 Å². The van der Waals surface area contributed by atoms with Gasteiger partial charge in [-0.15, -0.1) is 0 Å². The highest BCUT2D eigenvalue weighted by atomic mass is 16.5. The van der Waals surface area contributed by atoms with Crippen molar-refractivity contribution < 1.29 is 14.6 Å². The lowest BCUT2D eigenvalue weighted by atomic mass is 10.0. The molecule has 3 aromatic rings. The standard InChI is InChI=1S/C24H26N2O3/c1-3-29-22-14-13-21(15-19(22)16-27)25-23(18-7-5-4-6-8-18)24(28)26-20-11-9-17(2)10-12-20/h4-15,23,25,27H,3,16H2,1-2H3,(H,26,28). The average molecular weight is 390 g/mol. The van der Waals surface area contributed by atoms with Crippen LogP contribution in [0.2, 0.25) is 0 Å². The van der Waals surface area contributed by atoms with Crippen molar-refractivity contribution in [1.29, 1.82) is 0 Å². The van der Waals surface area contributed by atoms with Crippen molar-refractivity contribution in [3.05, 3.63) is 89.5 Å². The van der Waals surface area contributed by atoms with E-state index in [1.807, 2.05) is 74.5 Å². The van der Waals surface area contributed by atoms with Crippen molar-refractivity contribution in [2.75, 3.05) is 17.2 Å². The zero-order valence-corrected chi connectivity index (χ0v) is 16.7. The summed E-state index contributed by atoms with van der Waals surface area (Å²) >= 11 is 0. The molecule has 5 heteroatoms. The van der Waals surface area contributed by atoms with Gasteiger partial charge in [-0.25, -0.2) is 0 Å². The summed E-state index contributed by atoms with van der Waals surface area (Å²) in [5, 5.41) is 15.9. The Morgan fingerprint density at radius 1 is 1.00 bits per heavy atom. The van der Waals surface area contributed by atoms with Gasteiger partial charge in [0.05, 0.1) is 13.2 Å². The molecule has 0 spiro atoms. The molecule has 1 amide bonds. The van der Waals surface area contributed by atoms with E-state index in [0.717, 1.165) is 22.5 Å². The third-order valence-electron chi connectivity index (χ3n) is 4.56. The van der Waals surface area contributed by atoms with Crippen LogP contribution in [-0.4, -0.2) is 17.6 Å². The summed E-state index contributed by atoms with van der Waals surface area (Å²) in [4.78, 5) is 13.1. The quantitative estimate of drug-likeness (QED) is 0.522. The Hall–Kier alpha value is -3.31. The molecule has 0 radical (unpaired) electrons. The van der Waals surface area contributed by atoms with Crippen molar-refractivity contribution in [1.82, 2.24) is 0 Å². The van der Waals surface area contributed by atoms with E-state index in [1.54, 1.807) is 12.1 Å². The number of aliphatic hydroxyl groups is 1. The summed E-state index contributed by atoms with van der Waals surface area (Å²) in [6, 6.07) is 22.1. The van der Waals surface area contributed by atoms with Crippen LogP contribution in [0.25, 0.3) is 0 Å². The lowest BCUT2D eigenvalue weighted by molar-refractivity contribution is -0.117. The van der Waals surface area contributed by atoms with Gasteiger partial charge in [-0.05, 0) is 49.7 Å². The second-order valence-corrected chi connectivity index (χ2v) is 6.76. The smallest absolute Gasteiger partial charge is 0.251 e. The van der Waals surface area contributed by atoms with Crippen molar-refractivity contribution in [2.45, 2.75) is 26.5 Å². The van der Waals surface area contributed by atoms with Gasteiger partial charge < -0.3 is 20.5 Å². The number of aryl methyl sites for hydroxylation is 1. The minimum atomic E-state index is -0.595. The number of hydrogen-bond donors (Lipinski definition) is 3. The zero-order valence-electron chi connectivity index (χ0n) is 16.7. The topological polar surface area (TPSA) is 70.6 Å². The summed E-state index contributed by atoms with van der Waals surface area (Å²) in [5.41, 5.74) is 4.11. The van der Waals surface area contributed by atoms with E-state index in [-0.39, 0.29) is 12.5 Å². The number of hydrogen-bond acceptors (Lipinski definition) is 4. The number of amides is 1. The summed E-state index contributed by atoms with van der Waals surface area (Å²) in [6.07, 6.45) is 0. The Morgan fingerprint density at radius 2 is 1.69 bits per heavy atom. The first-order valence-electron chi connectivity index (χ1n) is 9.66. The highest BCUT2D eigenvalue weighted by Gasteiger charge is 2.21. The van der Waals surface area contributed by atoms with Gasteiger partial charge in [0.1, 0.15) is 11.8 Å². The van der Waals surface area contributed by atoms with E-state index >= 15 is 0 Å². The lowest BCUT2D eigenvalue weighted by Crippen LogP contribution is -2.27. The van der Waals surface area contributed by atoms with Crippen LogP contribution in [0.5, 0.6) is 5.75 Å². The molecule has 1 unspecified atom stereocenters. The van der Waals surface area contributed by atoms with Crippen LogP contribution in [0.3, 0.4) is 0 Å². The number of aliphatic hydroxyl groups excluding tert-OH is 1. The summed E-state index contributed by atoms with van der Waals surface area (Å²) in [5.74, 6) is 0.473. The molecular weight excluding hydrogens is 364 g/mol. The molecule has 0 heterocycles. The summed E-state index contributed by atoms with van der Waals surface area (Å²) in [7, 11) is 0. The monoisotopic (exact) mass is 390 g/mol. The molecule has 3 rings (SSSR count). The SMILES string of the molecule is CCOc1ccc(NC(C(=O)Nc2ccc(C)cc2)c2ccccc2)cc1CO. The molecular formula is C24H26N2O3. The first-order chi connectivity index (χ1) is 14.1. The molecule has 0 fully saturated rings. The number of ether oxygens (including phenoxy) is 1. The van der Waals surface area contributed by atoms with Crippen molar-refractivity contribution in [3.63, 3.8) is 0 Å². The lowest BCUT2D eigenvalue weighted by Gasteiger charge is -2.21. The number of benzene rings is 3. The Kier molecular flexibility index (Phi) is 6.87. The van der Waals surface area contributed by atoms with E-state index in [2.05, 4.69) is 10.6 Å². The number of nitrogens with one attached hydrogen (secondary N) is 2. The maximum Gasteiger partial charge on any atom is 0.251 e. The summed E-state index contributed by atoms with van der Waals surface area (Å²) < 4.78 is 5.54. The van der Waals surface area contributed by atoms with Crippen LogP contribution in [0.4, 0.5) is 11.4 Å². The predicted octanol–water partition coefficient (Wildman–Crippen LogP) is 4.68. The highest BCUT2D eigenvalue weighted by Crippen LogP contribution is 2.27. The third kappa shape index (κ3) is 5.36. The van der Waals surface area contributed by atoms with E-state index in [4.69, 9.17) is 4.74 Å². The number of rotatable bonds is 8. The van der Waals surface area contributed by atoms with E-state index in [1.165, 1.54) is 0 Å². The van der Waals surface area contributed by atoms with Gasteiger partial charge in [-0.3, -0.25) is 4.79 Å². The second-order valence-electron chi connectivity index (χ2n) is 6.76. The largest absolute Gasteiger partial charge is 0.494 e. The molecule has 3 N–H and O–H groups in total. The Labute approximate surface area is 171 Å². The molecule has 0 aliphatic rings. The van der Waals surface area contributed by atoms with Gasteiger partial charge in [0, 0.05) is 16.9 Å². The number of anilines is 2. The minimum Gasteiger partial charge on any atom is -0.494 e. The zero-order chi connectivity index (χ0) is 20.6. The molecule has 29 heavy (non-hydrogen) atoms. The van der Waals surface area contributed by atoms with Crippen LogP contribution in [0, 0.1) is 6.92 Å². The van der Waals surface area contributed by atoms with E-state index < -0.39 is 6.04 Å². The molecule has 1 atom stereocenters. The molecule has 0 saturated carbocycles. The Morgan fingerprint density at radius 3 is 2.34 bits per heavy atom. The minimum absolute atomic E-state index is 0.142. The fraction of sp³-hybridized carbons (Fsp3) is 0.208. The molecule has 0 bridgehead atoms.